The summed E-state index contributed by atoms with van der Waals surface area (Å²) in [6, 6.07) is 26.9. The van der Waals surface area contributed by atoms with E-state index in [1.165, 1.54) is 23.3 Å². The van der Waals surface area contributed by atoms with Gasteiger partial charge in [-0.2, -0.15) is 0 Å². The van der Waals surface area contributed by atoms with Crippen molar-refractivity contribution in [3.05, 3.63) is 107 Å². The number of carbonyl (C=O) groups is 2. The van der Waals surface area contributed by atoms with Gasteiger partial charge >= 0.3 is 11.8 Å². The second-order valence-electron chi connectivity index (χ2n) is 8.18. The minimum Gasteiger partial charge on any atom is -0.347 e. The van der Waals surface area contributed by atoms with E-state index in [1.807, 2.05) is 36.4 Å². The highest BCUT2D eigenvalue weighted by Crippen LogP contribution is 2.29. The van der Waals surface area contributed by atoms with Gasteiger partial charge in [-0.1, -0.05) is 72.8 Å². The molecule has 1 fully saturated rings. The molecule has 1 saturated heterocycles. The van der Waals surface area contributed by atoms with E-state index in [2.05, 4.69) is 34.5 Å². The fourth-order valence-electron chi connectivity index (χ4n) is 4.26. The summed E-state index contributed by atoms with van der Waals surface area (Å²) < 4.78 is 13.0. The molecule has 0 bridgehead atoms. The van der Waals surface area contributed by atoms with Crippen molar-refractivity contribution < 1.29 is 14.0 Å². The van der Waals surface area contributed by atoms with Gasteiger partial charge in [0.25, 0.3) is 0 Å². The standard InChI is InChI=1S/C27H28FN3O2/c28-24-13-11-21(12-14-24)15-16-29-26(32)27(33)31-19-17-30(18-20-31)25(22-7-3-1-4-8-22)23-9-5-2-6-10-23/h1-14,25H,15-20H2,(H,29,32). The van der Waals surface area contributed by atoms with Crippen LogP contribution in [-0.4, -0.2) is 54.3 Å². The maximum Gasteiger partial charge on any atom is 0.311 e. The quantitative estimate of drug-likeness (QED) is 0.592. The number of hydrogen-bond donors (Lipinski definition) is 1. The molecule has 0 saturated carbocycles. The third-order valence-electron chi connectivity index (χ3n) is 6.00. The molecule has 170 valence electrons. The number of piperazine rings is 1. The van der Waals surface area contributed by atoms with Crippen molar-refractivity contribution in [3.63, 3.8) is 0 Å². The van der Waals surface area contributed by atoms with E-state index < -0.39 is 11.8 Å². The molecule has 4 rings (SSSR count). The zero-order chi connectivity index (χ0) is 23.0. The molecular weight excluding hydrogens is 417 g/mol. The summed E-state index contributed by atoms with van der Waals surface area (Å²) in [7, 11) is 0. The van der Waals surface area contributed by atoms with Crippen LogP contribution < -0.4 is 5.32 Å². The minimum absolute atomic E-state index is 0.106. The first-order chi connectivity index (χ1) is 16.1. The summed E-state index contributed by atoms with van der Waals surface area (Å²) in [5.74, 6) is -1.38. The Kier molecular flexibility index (Phi) is 7.47. The zero-order valence-corrected chi connectivity index (χ0v) is 18.5. The highest BCUT2D eigenvalue weighted by Gasteiger charge is 2.30. The smallest absolute Gasteiger partial charge is 0.311 e. The van der Waals surface area contributed by atoms with Crippen LogP contribution in [0.3, 0.4) is 0 Å². The highest BCUT2D eigenvalue weighted by atomic mass is 19.1. The molecule has 6 heteroatoms. The average molecular weight is 446 g/mol. The molecule has 0 unspecified atom stereocenters. The van der Waals surface area contributed by atoms with E-state index in [0.29, 0.717) is 39.1 Å². The number of nitrogens with zero attached hydrogens (tertiary/aromatic N) is 2. The van der Waals surface area contributed by atoms with Crippen LogP contribution in [0.25, 0.3) is 0 Å². The fraction of sp³-hybridized carbons (Fsp3) is 0.259. The van der Waals surface area contributed by atoms with Crippen LogP contribution in [0.15, 0.2) is 84.9 Å². The molecule has 2 amide bonds. The number of carbonyl (C=O) groups excluding carboxylic acids is 2. The fourth-order valence-corrected chi connectivity index (χ4v) is 4.26. The van der Waals surface area contributed by atoms with Crippen LogP contribution in [-0.2, 0) is 16.0 Å². The van der Waals surface area contributed by atoms with Crippen LogP contribution in [0.2, 0.25) is 0 Å². The summed E-state index contributed by atoms with van der Waals surface area (Å²) in [6.07, 6.45) is 0.545. The van der Waals surface area contributed by atoms with Crippen molar-refractivity contribution in [1.29, 1.82) is 0 Å². The van der Waals surface area contributed by atoms with Gasteiger partial charge in [0.1, 0.15) is 5.82 Å². The van der Waals surface area contributed by atoms with Gasteiger partial charge in [-0.15, -0.1) is 0 Å². The molecule has 3 aromatic carbocycles. The summed E-state index contributed by atoms with van der Waals surface area (Å²) in [5, 5.41) is 2.69. The predicted molar refractivity (Wildman–Crippen MR) is 126 cm³/mol. The predicted octanol–water partition coefficient (Wildman–Crippen LogP) is 3.42. The Hall–Kier alpha value is -3.51. The Morgan fingerprint density at radius 1 is 0.788 bits per heavy atom. The van der Waals surface area contributed by atoms with Crippen LogP contribution in [0, 0.1) is 5.82 Å². The lowest BCUT2D eigenvalue weighted by Crippen LogP contribution is -2.53. The normalized spacial score (nSPS) is 14.3. The van der Waals surface area contributed by atoms with E-state index >= 15 is 0 Å². The molecule has 1 N–H and O–H groups in total. The first kappa shape index (κ1) is 22.7. The summed E-state index contributed by atoms with van der Waals surface area (Å²) in [4.78, 5) is 29.0. The maximum atomic E-state index is 13.0. The van der Waals surface area contributed by atoms with Crippen molar-refractivity contribution in [1.82, 2.24) is 15.1 Å². The second-order valence-corrected chi connectivity index (χ2v) is 8.18. The first-order valence-corrected chi connectivity index (χ1v) is 11.3. The highest BCUT2D eigenvalue weighted by molar-refractivity contribution is 6.35. The van der Waals surface area contributed by atoms with E-state index in [4.69, 9.17) is 0 Å². The van der Waals surface area contributed by atoms with Gasteiger partial charge < -0.3 is 10.2 Å². The number of halogens is 1. The third-order valence-corrected chi connectivity index (χ3v) is 6.00. The number of hydrogen-bond acceptors (Lipinski definition) is 3. The van der Waals surface area contributed by atoms with Crippen LogP contribution in [0.4, 0.5) is 4.39 Å². The van der Waals surface area contributed by atoms with Crippen molar-refractivity contribution >= 4 is 11.8 Å². The number of amides is 2. The molecular formula is C27H28FN3O2. The molecule has 0 atom stereocenters. The van der Waals surface area contributed by atoms with E-state index in [0.717, 1.165) is 5.56 Å². The Labute approximate surface area is 193 Å². The molecule has 3 aromatic rings. The largest absolute Gasteiger partial charge is 0.347 e. The monoisotopic (exact) mass is 445 g/mol. The van der Waals surface area contributed by atoms with Gasteiger partial charge in [0.2, 0.25) is 0 Å². The van der Waals surface area contributed by atoms with Crippen molar-refractivity contribution in [3.8, 4) is 0 Å². The molecule has 0 aromatic heterocycles. The Morgan fingerprint density at radius 3 is 1.88 bits per heavy atom. The number of benzene rings is 3. The molecule has 33 heavy (non-hydrogen) atoms. The SMILES string of the molecule is O=C(NCCc1ccc(F)cc1)C(=O)N1CCN(C(c2ccccc2)c2ccccc2)CC1. The topological polar surface area (TPSA) is 52.7 Å². The van der Waals surface area contributed by atoms with E-state index in [9.17, 15) is 14.0 Å². The van der Waals surface area contributed by atoms with Gasteiger partial charge in [-0.05, 0) is 35.2 Å². The average Bonchev–Trinajstić information content (AvgIpc) is 2.87. The Morgan fingerprint density at radius 2 is 1.33 bits per heavy atom. The Bertz CT molecular complexity index is 1010. The van der Waals surface area contributed by atoms with Gasteiger partial charge in [-0.3, -0.25) is 14.5 Å². The van der Waals surface area contributed by atoms with Crippen molar-refractivity contribution in [2.45, 2.75) is 12.5 Å². The van der Waals surface area contributed by atoms with Crippen molar-refractivity contribution in [2.24, 2.45) is 0 Å². The van der Waals surface area contributed by atoms with Crippen LogP contribution in [0.5, 0.6) is 0 Å². The number of rotatable bonds is 6. The van der Waals surface area contributed by atoms with Gasteiger partial charge in [0.15, 0.2) is 0 Å². The van der Waals surface area contributed by atoms with E-state index in [-0.39, 0.29) is 11.9 Å². The lowest BCUT2D eigenvalue weighted by atomic mass is 9.96. The Balaban J connectivity index is 1.32. The lowest BCUT2D eigenvalue weighted by molar-refractivity contribution is -0.147. The minimum atomic E-state index is -0.590. The molecule has 1 heterocycles. The summed E-state index contributed by atoms with van der Waals surface area (Å²) in [6.45, 7) is 2.70. The van der Waals surface area contributed by atoms with Crippen LogP contribution in [0.1, 0.15) is 22.7 Å². The van der Waals surface area contributed by atoms with Crippen molar-refractivity contribution in [2.75, 3.05) is 32.7 Å². The first-order valence-electron chi connectivity index (χ1n) is 11.3. The molecule has 0 radical (unpaired) electrons. The van der Waals surface area contributed by atoms with E-state index in [1.54, 1.807) is 17.0 Å². The molecule has 1 aliphatic rings. The lowest BCUT2D eigenvalue weighted by Gasteiger charge is -2.39. The summed E-state index contributed by atoms with van der Waals surface area (Å²) >= 11 is 0. The molecule has 1 aliphatic heterocycles. The molecule has 0 spiro atoms. The molecule has 0 aliphatic carbocycles. The molecule has 5 nitrogen and oxygen atoms in total. The third kappa shape index (κ3) is 5.84. The maximum absolute atomic E-state index is 13.0. The zero-order valence-electron chi connectivity index (χ0n) is 18.5. The number of nitrogens with one attached hydrogen (secondary N) is 1. The van der Waals surface area contributed by atoms with Gasteiger partial charge in [0, 0.05) is 32.7 Å². The van der Waals surface area contributed by atoms with Crippen LogP contribution >= 0.6 is 0 Å². The summed E-state index contributed by atoms with van der Waals surface area (Å²) in [5.41, 5.74) is 3.33. The van der Waals surface area contributed by atoms with Gasteiger partial charge in [0.05, 0.1) is 6.04 Å². The van der Waals surface area contributed by atoms with Gasteiger partial charge in [-0.25, -0.2) is 4.39 Å². The second kappa shape index (κ2) is 10.9.